The van der Waals surface area contributed by atoms with Gasteiger partial charge in [0.15, 0.2) is 0 Å². The minimum absolute atomic E-state index is 0.00950. The Hall–Kier alpha value is -1.51. The summed E-state index contributed by atoms with van der Waals surface area (Å²) in [6.45, 7) is 3.30. The summed E-state index contributed by atoms with van der Waals surface area (Å²) in [6, 6.07) is 9.00. The van der Waals surface area contributed by atoms with Gasteiger partial charge in [-0.25, -0.2) is 0 Å². The Bertz CT molecular complexity index is 481. The van der Waals surface area contributed by atoms with Gasteiger partial charge in [-0.2, -0.15) is 17.0 Å². The van der Waals surface area contributed by atoms with Crippen molar-refractivity contribution in [1.29, 1.82) is 5.26 Å². The summed E-state index contributed by atoms with van der Waals surface area (Å²) >= 11 is 1.70. The van der Waals surface area contributed by atoms with Crippen molar-refractivity contribution >= 4 is 17.7 Å². The van der Waals surface area contributed by atoms with Gasteiger partial charge in [0.1, 0.15) is 0 Å². The summed E-state index contributed by atoms with van der Waals surface area (Å²) in [6.07, 6.45) is 3.61. The van der Waals surface area contributed by atoms with E-state index in [1.165, 1.54) is 0 Å². The Morgan fingerprint density at radius 3 is 2.62 bits per heavy atom. The second-order valence-electron chi connectivity index (χ2n) is 4.96. The largest absolute Gasteiger partial charge is 0.337 e. The van der Waals surface area contributed by atoms with E-state index in [0.29, 0.717) is 25.1 Å². The van der Waals surface area contributed by atoms with Gasteiger partial charge in [0.05, 0.1) is 17.7 Å². The van der Waals surface area contributed by atoms with E-state index < -0.39 is 6.04 Å². The summed E-state index contributed by atoms with van der Waals surface area (Å²) in [7, 11) is 0. The van der Waals surface area contributed by atoms with Crippen LogP contribution in [0, 0.1) is 11.3 Å². The molecule has 21 heavy (non-hydrogen) atoms. The maximum Gasteiger partial charge on any atom is 0.239 e. The van der Waals surface area contributed by atoms with E-state index in [0.717, 1.165) is 17.7 Å². The van der Waals surface area contributed by atoms with Crippen LogP contribution in [0.2, 0.25) is 0 Å². The van der Waals surface area contributed by atoms with Gasteiger partial charge >= 0.3 is 0 Å². The van der Waals surface area contributed by atoms with E-state index in [-0.39, 0.29) is 5.91 Å². The lowest BCUT2D eigenvalue weighted by Gasteiger charge is -2.25. The predicted octanol–water partition coefficient (Wildman–Crippen LogP) is 2.38. The molecule has 0 heterocycles. The molecule has 1 atom stereocenters. The van der Waals surface area contributed by atoms with Crippen LogP contribution >= 0.6 is 11.8 Å². The second kappa shape index (κ2) is 9.43. The topological polar surface area (TPSA) is 70.1 Å². The van der Waals surface area contributed by atoms with E-state index in [1.807, 2.05) is 30.2 Å². The van der Waals surface area contributed by atoms with E-state index in [1.54, 1.807) is 23.9 Å². The highest BCUT2D eigenvalue weighted by atomic mass is 32.2. The quantitative estimate of drug-likeness (QED) is 0.800. The minimum atomic E-state index is -0.428. The average molecular weight is 305 g/mol. The van der Waals surface area contributed by atoms with Gasteiger partial charge in [0, 0.05) is 13.1 Å². The summed E-state index contributed by atoms with van der Waals surface area (Å²) in [5, 5.41) is 8.80. The number of nitrogens with zero attached hydrogens (tertiary/aromatic N) is 2. The normalized spacial score (nSPS) is 11.7. The first kappa shape index (κ1) is 17.5. The van der Waals surface area contributed by atoms with Crippen molar-refractivity contribution in [3.8, 4) is 6.07 Å². The number of nitriles is 1. The molecule has 0 aromatic heterocycles. The third-order valence-electron chi connectivity index (χ3n) is 3.21. The van der Waals surface area contributed by atoms with E-state index >= 15 is 0 Å². The molecule has 0 aliphatic heterocycles. The predicted molar refractivity (Wildman–Crippen MR) is 87.8 cm³/mol. The molecule has 0 aliphatic rings. The summed E-state index contributed by atoms with van der Waals surface area (Å²) < 4.78 is 0. The highest BCUT2D eigenvalue weighted by Gasteiger charge is 2.20. The summed E-state index contributed by atoms with van der Waals surface area (Å²) in [5.41, 5.74) is 7.64. The van der Waals surface area contributed by atoms with Crippen LogP contribution in [0.4, 0.5) is 0 Å². The van der Waals surface area contributed by atoms with Gasteiger partial charge in [-0.1, -0.05) is 19.1 Å². The van der Waals surface area contributed by atoms with Crippen LogP contribution in [0.5, 0.6) is 0 Å². The van der Waals surface area contributed by atoms with Crippen LogP contribution in [0.25, 0.3) is 0 Å². The molecule has 0 unspecified atom stereocenters. The third-order valence-corrected chi connectivity index (χ3v) is 3.86. The maximum absolute atomic E-state index is 12.4. The van der Waals surface area contributed by atoms with E-state index in [9.17, 15) is 4.79 Å². The number of carbonyl (C=O) groups excluding carboxylic acids is 1. The zero-order valence-electron chi connectivity index (χ0n) is 12.7. The van der Waals surface area contributed by atoms with Gasteiger partial charge < -0.3 is 10.6 Å². The number of nitrogens with two attached hydrogens (primary N) is 1. The zero-order valence-corrected chi connectivity index (χ0v) is 13.5. The molecule has 5 heteroatoms. The Balaban J connectivity index is 2.71. The molecule has 114 valence electrons. The fourth-order valence-corrected chi connectivity index (χ4v) is 2.53. The van der Waals surface area contributed by atoms with Crippen LogP contribution in [-0.4, -0.2) is 35.4 Å². The minimum Gasteiger partial charge on any atom is -0.337 e. The first-order valence-corrected chi connectivity index (χ1v) is 8.54. The van der Waals surface area contributed by atoms with Crippen molar-refractivity contribution in [1.82, 2.24) is 4.90 Å². The molecule has 1 rings (SSSR count). The lowest BCUT2D eigenvalue weighted by atomic mass is 10.1. The Labute approximate surface area is 131 Å². The van der Waals surface area contributed by atoms with E-state index in [4.69, 9.17) is 11.0 Å². The molecule has 0 radical (unpaired) electrons. The molecule has 0 aliphatic carbocycles. The van der Waals surface area contributed by atoms with Gasteiger partial charge in [0.2, 0.25) is 5.91 Å². The Morgan fingerprint density at radius 1 is 1.43 bits per heavy atom. The van der Waals surface area contributed by atoms with Crippen molar-refractivity contribution in [2.75, 3.05) is 18.6 Å². The first-order valence-electron chi connectivity index (χ1n) is 7.14. The van der Waals surface area contributed by atoms with Crippen LogP contribution in [0.1, 0.15) is 30.9 Å². The first-order chi connectivity index (χ1) is 10.1. The lowest BCUT2D eigenvalue weighted by molar-refractivity contribution is -0.133. The van der Waals surface area contributed by atoms with Crippen LogP contribution < -0.4 is 5.73 Å². The van der Waals surface area contributed by atoms with Crippen molar-refractivity contribution in [3.05, 3.63) is 35.4 Å². The monoisotopic (exact) mass is 305 g/mol. The Kier molecular flexibility index (Phi) is 7.88. The SMILES string of the molecule is CCCN(Cc1ccc(C#N)cc1)C(=O)[C@@H](N)CCSC. The van der Waals surface area contributed by atoms with E-state index in [2.05, 4.69) is 6.07 Å². The molecule has 1 amide bonds. The molecular formula is C16H23N3OS. The highest BCUT2D eigenvalue weighted by molar-refractivity contribution is 7.98. The number of rotatable bonds is 8. The molecule has 0 spiro atoms. The molecule has 0 saturated carbocycles. The molecule has 4 nitrogen and oxygen atoms in total. The van der Waals surface area contributed by atoms with Gasteiger partial charge in [-0.05, 0) is 42.5 Å². The molecule has 2 N–H and O–H groups in total. The summed E-state index contributed by atoms with van der Waals surface area (Å²) in [5.74, 6) is 0.902. The zero-order chi connectivity index (χ0) is 15.7. The van der Waals surface area contributed by atoms with Crippen molar-refractivity contribution in [2.24, 2.45) is 5.73 Å². The fourth-order valence-electron chi connectivity index (χ4n) is 2.04. The fraction of sp³-hybridized carbons (Fsp3) is 0.500. The van der Waals surface area contributed by atoms with Crippen LogP contribution in [0.3, 0.4) is 0 Å². The van der Waals surface area contributed by atoms with Crippen LogP contribution in [-0.2, 0) is 11.3 Å². The van der Waals surface area contributed by atoms with Crippen molar-refractivity contribution in [2.45, 2.75) is 32.4 Å². The lowest BCUT2D eigenvalue weighted by Crippen LogP contribution is -2.44. The summed E-state index contributed by atoms with van der Waals surface area (Å²) in [4.78, 5) is 14.2. The molecular weight excluding hydrogens is 282 g/mol. The van der Waals surface area contributed by atoms with Gasteiger partial charge in [0.25, 0.3) is 0 Å². The number of carbonyl (C=O) groups is 1. The van der Waals surface area contributed by atoms with Crippen molar-refractivity contribution in [3.63, 3.8) is 0 Å². The second-order valence-corrected chi connectivity index (χ2v) is 5.94. The maximum atomic E-state index is 12.4. The third kappa shape index (κ3) is 5.78. The van der Waals surface area contributed by atoms with Crippen LogP contribution in [0.15, 0.2) is 24.3 Å². The molecule has 0 saturated heterocycles. The van der Waals surface area contributed by atoms with Crippen molar-refractivity contribution < 1.29 is 4.79 Å². The average Bonchev–Trinajstić information content (AvgIpc) is 2.52. The number of hydrogen-bond acceptors (Lipinski definition) is 4. The molecule has 1 aromatic carbocycles. The van der Waals surface area contributed by atoms with Gasteiger partial charge in [-0.3, -0.25) is 4.79 Å². The molecule has 0 bridgehead atoms. The molecule has 0 fully saturated rings. The van der Waals surface area contributed by atoms with Gasteiger partial charge in [-0.15, -0.1) is 0 Å². The standard InChI is InChI=1S/C16H23N3OS/c1-3-9-19(16(20)15(18)8-10-21-2)12-14-6-4-13(11-17)5-7-14/h4-7,15H,3,8-10,12,18H2,1-2H3/t15-/m0/s1. The molecule has 1 aromatic rings. The Morgan fingerprint density at radius 2 is 2.10 bits per heavy atom. The number of hydrogen-bond donors (Lipinski definition) is 1. The smallest absolute Gasteiger partial charge is 0.239 e. The number of amides is 1. The highest BCUT2D eigenvalue weighted by Crippen LogP contribution is 2.10. The number of thioether (sulfide) groups is 1. The number of benzene rings is 1.